The van der Waals surface area contributed by atoms with Crippen molar-refractivity contribution in [2.45, 2.75) is 19.9 Å². The van der Waals surface area contributed by atoms with Crippen molar-refractivity contribution in [2.75, 3.05) is 5.32 Å². The zero-order chi connectivity index (χ0) is 18.1. The Hall–Kier alpha value is -2.93. The maximum absolute atomic E-state index is 12.5. The van der Waals surface area contributed by atoms with Gasteiger partial charge in [-0.2, -0.15) is 5.10 Å². The summed E-state index contributed by atoms with van der Waals surface area (Å²) in [6, 6.07) is 8.04. The zero-order valence-corrected chi connectivity index (χ0v) is 15.5. The van der Waals surface area contributed by atoms with E-state index >= 15 is 0 Å². The quantitative estimate of drug-likeness (QED) is 0.577. The first-order valence-electron chi connectivity index (χ1n) is 8.49. The normalized spacial score (nSPS) is 11.2. The molecular formula is C19H19N5OS. The van der Waals surface area contributed by atoms with E-state index < -0.39 is 0 Å². The van der Waals surface area contributed by atoms with Gasteiger partial charge in [0.2, 0.25) is 0 Å². The predicted molar refractivity (Wildman–Crippen MR) is 104 cm³/mol. The monoisotopic (exact) mass is 365 g/mol. The largest absolute Gasteiger partial charge is 0.347 e. The fraction of sp³-hybridized carbons (Fsp3) is 0.211. The maximum atomic E-state index is 12.5. The summed E-state index contributed by atoms with van der Waals surface area (Å²) in [6.07, 6.45) is 6.80. The van der Waals surface area contributed by atoms with Crippen LogP contribution in [-0.2, 0) is 13.6 Å². The Morgan fingerprint density at radius 3 is 2.96 bits per heavy atom. The molecule has 0 atom stereocenters. The molecule has 0 saturated carbocycles. The third-order valence-electron chi connectivity index (χ3n) is 4.18. The second kappa shape index (κ2) is 6.76. The molecule has 4 rings (SSSR count). The van der Waals surface area contributed by atoms with Gasteiger partial charge in [-0.3, -0.25) is 9.48 Å². The molecule has 0 saturated heterocycles. The van der Waals surface area contributed by atoms with Gasteiger partial charge in [0.1, 0.15) is 10.7 Å². The lowest BCUT2D eigenvalue weighted by Gasteiger charge is -2.06. The summed E-state index contributed by atoms with van der Waals surface area (Å²) in [5.74, 6) is -0.205. The number of hydrogen-bond donors (Lipinski definition) is 1. The van der Waals surface area contributed by atoms with E-state index in [-0.39, 0.29) is 5.91 Å². The molecule has 0 spiro atoms. The van der Waals surface area contributed by atoms with Crippen molar-refractivity contribution in [2.24, 2.45) is 7.05 Å². The standard InChI is InChI=1S/C19H19N5OS/c1-3-7-24-8-6-13-9-15(4-5-17(13)24)21-18(25)16-12-26-19(22-16)14-10-20-23(2)11-14/h4-6,8-12H,3,7H2,1-2H3,(H,21,25). The number of nitrogens with zero attached hydrogens (tertiary/aromatic N) is 4. The van der Waals surface area contributed by atoms with Gasteiger partial charge in [-0.05, 0) is 30.7 Å². The number of hydrogen-bond acceptors (Lipinski definition) is 4. The summed E-state index contributed by atoms with van der Waals surface area (Å²) in [5, 5.41) is 10.8. The van der Waals surface area contributed by atoms with Gasteiger partial charge < -0.3 is 9.88 Å². The van der Waals surface area contributed by atoms with Gasteiger partial charge in [-0.25, -0.2) is 4.98 Å². The Morgan fingerprint density at radius 2 is 2.19 bits per heavy atom. The molecule has 0 aliphatic carbocycles. The summed E-state index contributed by atoms with van der Waals surface area (Å²) in [5.41, 5.74) is 3.28. The molecule has 0 radical (unpaired) electrons. The first-order valence-corrected chi connectivity index (χ1v) is 9.37. The topological polar surface area (TPSA) is 64.7 Å². The smallest absolute Gasteiger partial charge is 0.275 e. The van der Waals surface area contributed by atoms with Crippen molar-refractivity contribution in [1.82, 2.24) is 19.3 Å². The molecule has 132 valence electrons. The minimum atomic E-state index is -0.205. The minimum Gasteiger partial charge on any atom is -0.347 e. The van der Waals surface area contributed by atoms with Crippen molar-refractivity contribution >= 4 is 33.8 Å². The molecule has 3 heterocycles. The van der Waals surface area contributed by atoms with Crippen LogP contribution in [-0.4, -0.2) is 25.2 Å². The molecule has 6 nitrogen and oxygen atoms in total. The van der Waals surface area contributed by atoms with Gasteiger partial charge in [-0.1, -0.05) is 6.92 Å². The minimum absolute atomic E-state index is 0.205. The molecule has 1 amide bonds. The Bertz CT molecular complexity index is 1070. The van der Waals surface area contributed by atoms with Crippen LogP contribution >= 0.6 is 11.3 Å². The SMILES string of the molecule is CCCn1ccc2cc(NC(=O)c3csc(-c4cnn(C)c4)n3)ccc21. The highest BCUT2D eigenvalue weighted by Crippen LogP contribution is 2.24. The van der Waals surface area contributed by atoms with Gasteiger partial charge in [0, 0.05) is 53.5 Å². The predicted octanol–water partition coefficient (Wildman–Crippen LogP) is 4.16. The number of amides is 1. The number of anilines is 1. The van der Waals surface area contributed by atoms with Crippen LogP contribution in [0, 0.1) is 0 Å². The number of nitrogens with one attached hydrogen (secondary N) is 1. The van der Waals surface area contributed by atoms with Crippen LogP contribution in [0.1, 0.15) is 23.8 Å². The van der Waals surface area contributed by atoms with Crippen LogP contribution in [0.25, 0.3) is 21.5 Å². The average Bonchev–Trinajstić information content (AvgIpc) is 3.35. The molecule has 1 N–H and O–H groups in total. The van der Waals surface area contributed by atoms with Crippen molar-refractivity contribution in [1.29, 1.82) is 0 Å². The fourth-order valence-corrected chi connectivity index (χ4v) is 3.73. The van der Waals surface area contributed by atoms with Crippen molar-refractivity contribution in [3.8, 4) is 10.6 Å². The summed E-state index contributed by atoms with van der Waals surface area (Å²) >= 11 is 1.44. The number of carbonyl (C=O) groups excluding carboxylic acids is 1. The molecule has 4 aromatic rings. The van der Waals surface area contributed by atoms with Crippen LogP contribution in [0.4, 0.5) is 5.69 Å². The lowest BCUT2D eigenvalue weighted by Crippen LogP contribution is -2.12. The van der Waals surface area contributed by atoms with Crippen LogP contribution in [0.3, 0.4) is 0 Å². The first-order chi connectivity index (χ1) is 12.6. The Labute approximate surface area is 155 Å². The van der Waals surface area contributed by atoms with Crippen molar-refractivity contribution < 1.29 is 4.79 Å². The molecule has 0 unspecified atom stereocenters. The van der Waals surface area contributed by atoms with Gasteiger partial charge in [0.05, 0.1) is 6.20 Å². The Balaban J connectivity index is 1.53. The molecule has 0 bridgehead atoms. The highest BCUT2D eigenvalue weighted by atomic mass is 32.1. The van der Waals surface area contributed by atoms with Crippen LogP contribution in [0.2, 0.25) is 0 Å². The zero-order valence-electron chi connectivity index (χ0n) is 14.6. The van der Waals surface area contributed by atoms with E-state index in [1.807, 2.05) is 31.4 Å². The summed E-state index contributed by atoms with van der Waals surface area (Å²) in [6.45, 7) is 3.15. The van der Waals surface area contributed by atoms with Crippen LogP contribution in [0.5, 0.6) is 0 Å². The average molecular weight is 365 g/mol. The van der Waals surface area contributed by atoms with Crippen molar-refractivity contribution in [3.63, 3.8) is 0 Å². The number of carbonyl (C=O) groups is 1. The van der Waals surface area contributed by atoms with Crippen molar-refractivity contribution in [3.05, 3.63) is 53.9 Å². The second-order valence-corrected chi connectivity index (χ2v) is 7.04. The van der Waals surface area contributed by atoms with Gasteiger partial charge >= 0.3 is 0 Å². The number of aromatic nitrogens is 4. The Kier molecular flexibility index (Phi) is 4.30. The van der Waals surface area contributed by atoms with E-state index in [9.17, 15) is 4.79 Å². The summed E-state index contributed by atoms with van der Waals surface area (Å²) < 4.78 is 3.94. The Morgan fingerprint density at radius 1 is 1.31 bits per heavy atom. The van der Waals surface area contributed by atoms with E-state index in [4.69, 9.17) is 0 Å². The molecule has 1 aromatic carbocycles. The lowest BCUT2D eigenvalue weighted by molar-refractivity contribution is 0.102. The highest BCUT2D eigenvalue weighted by Gasteiger charge is 2.13. The van der Waals surface area contributed by atoms with E-state index in [2.05, 4.69) is 39.2 Å². The molecule has 26 heavy (non-hydrogen) atoms. The van der Waals surface area contributed by atoms with Crippen LogP contribution < -0.4 is 5.32 Å². The van der Waals surface area contributed by atoms with E-state index in [0.29, 0.717) is 5.69 Å². The lowest BCUT2D eigenvalue weighted by atomic mass is 10.2. The second-order valence-electron chi connectivity index (χ2n) is 6.18. The van der Waals surface area contributed by atoms with Gasteiger partial charge in [-0.15, -0.1) is 11.3 Å². The molecule has 7 heteroatoms. The first kappa shape index (κ1) is 16.5. The molecule has 0 aliphatic heterocycles. The number of rotatable bonds is 5. The number of fused-ring (bicyclic) bond motifs is 1. The third-order valence-corrected chi connectivity index (χ3v) is 5.07. The maximum Gasteiger partial charge on any atom is 0.275 e. The van der Waals surface area contributed by atoms with E-state index in [1.54, 1.807) is 16.3 Å². The summed E-state index contributed by atoms with van der Waals surface area (Å²) in [4.78, 5) is 16.9. The van der Waals surface area contributed by atoms with Gasteiger partial charge in [0.25, 0.3) is 5.91 Å². The third kappa shape index (κ3) is 3.13. The van der Waals surface area contributed by atoms with E-state index in [0.717, 1.165) is 34.6 Å². The number of aryl methyl sites for hydroxylation is 2. The molecular weight excluding hydrogens is 346 g/mol. The highest BCUT2D eigenvalue weighted by molar-refractivity contribution is 7.13. The fourth-order valence-electron chi connectivity index (χ4n) is 2.95. The number of benzene rings is 1. The molecule has 0 fully saturated rings. The van der Waals surface area contributed by atoms with Crippen LogP contribution in [0.15, 0.2) is 48.2 Å². The molecule has 3 aromatic heterocycles. The number of thiazole rings is 1. The van der Waals surface area contributed by atoms with E-state index in [1.165, 1.54) is 16.9 Å². The summed E-state index contributed by atoms with van der Waals surface area (Å²) in [7, 11) is 1.86. The molecule has 0 aliphatic rings. The van der Waals surface area contributed by atoms with Gasteiger partial charge in [0.15, 0.2) is 0 Å².